The summed E-state index contributed by atoms with van der Waals surface area (Å²) in [4.78, 5) is 0. The molecule has 1 aromatic heterocycles. The molecule has 170 valence electrons. The summed E-state index contributed by atoms with van der Waals surface area (Å²) < 4.78 is 19.2. The number of fused-ring (bicyclic) bond motifs is 3. The second-order valence-corrected chi connectivity index (χ2v) is 7.39. The average molecular weight is 457 g/mol. The number of halogens is 1. The SMILES string of the molecule is COc1ccccc1OCCNCC(O)COc1cccc2c1c1ccccc1n2C.Cl. The summed E-state index contributed by atoms with van der Waals surface area (Å²) in [7, 11) is 3.68. The van der Waals surface area contributed by atoms with Gasteiger partial charge in [-0.3, -0.25) is 0 Å². The summed E-state index contributed by atoms with van der Waals surface area (Å²) in [6, 6.07) is 21.8. The molecule has 0 spiro atoms. The molecule has 0 fully saturated rings. The largest absolute Gasteiger partial charge is 0.493 e. The summed E-state index contributed by atoms with van der Waals surface area (Å²) in [5.41, 5.74) is 2.27. The fourth-order valence-electron chi connectivity index (χ4n) is 3.78. The number of aromatic nitrogens is 1. The third-order valence-electron chi connectivity index (χ3n) is 5.32. The van der Waals surface area contributed by atoms with Gasteiger partial charge in [-0.25, -0.2) is 0 Å². The van der Waals surface area contributed by atoms with Crippen LogP contribution in [0.5, 0.6) is 17.2 Å². The quantitative estimate of drug-likeness (QED) is 0.351. The van der Waals surface area contributed by atoms with Gasteiger partial charge in [-0.1, -0.05) is 36.4 Å². The summed E-state index contributed by atoms with van der Waals surface area (Å²) in [6.45, 7) is 1.71. The highest BCUT2D eigenvalue weighted by Gasteiger charge is 2.13. The number of benzene rings is 3. The maximum absolute atomic E-state index is 10.3. The Hall–Kier alpha value is -2.93. The first-order valence-corrected chi connectivity index (χ1v) is 10.4. The minimum absolute atomic E-state index is 0. The van der Waals surface area contributed by atoms with Crippen LogP contribution in [0.2, 0.25) is 0 Å². The molecule has 0 amide bonds. The predicted molar refractivity (Wildman–Crippen MR) is 131 cm³/mol. The highest BCUT2D eigenvalue weighted by atomic mass is 35.5. The third kappa shape index (κ3) is 5.10. The van der Waals surface area contributed by atoms with E-state index < -0.39 is 6.10 Å². The van der Waals surface area contributed by atoms with Crippen molar-refractivity contribution in [2.75, 3.05) is 33.4 Å². The van der Waals surface area contributed by atoms with Gasteiger partial charge in [-0.2, -0.15) is 0 Å². The molecule has 3 aromatic carbocycles. The molecule has 0 bridgehead atoms. The number of para-hydroxylation sites is 3. The Morgan fingerprint density at radius 1 is 0.875 bits per heavy atom. The fraction of sp³-hybridized carbons (Fsp3) is 0.280. The Bertz CT molecular complexity index is 1160. The molecule has 1 atom stereocenters. The zero-order chi connectivity index (χ0) is 21.6. The van der Waals surface area contributed by atoms with Crippen molar-refractivity contribution < 1.29 is 19.3 Å². The van der Waals surface area contributed by atoms with Crippen molar-refractivity contribution in [1.29, 1.82) is 0 Å². The standard InChI is InChI=1S/C25H28N2O4.ClH/c1-27-20-9-4-3-8-19(20)25-21(27)10-7-13-24(25)31-17-18(28)16-26-14-15-30-23-12-6-5-11-22(23)29-2;/h3-13,18,26,28H,14-17H2,1-2H3;1H. The monoisotopic (exact) mass is 456 g/mol. The van der Waals surface area contributed by atoms with E-state index in [2.05, 4.69) is 35.1 Å². The van der Waals surface area contributed by atoms with Crippen molar-refractivity contribution in [2.24, 2.45) is 7.05 Å². The second kappa shape index (κ2) is 11.1. The number of aliphatic hydroxyl groups is 1. The van der Waals surface area contributed by atoms with Gasteiger partial charge in [-0.15, -0.1) is 12.4 Å². The van der Waals surface area contributed by atoms with Gasteiger partial charge < -0.3 is 29.2 Å². The third-order valence-corrected chi connectivity index (χ3v) is 5.32. The lowest BCUT2D eigenvalue weighted by Crippen LogP contribution is -2.33. The lowest BCUT2D eigenvalue weighted by atomic mass is 10.1. The maximum Gasteiger partial charge on any atom is 0.161 e. The van der Waals surface area contributed by atoms with E-state index in [4.69, 9.17) is 14.2 Å². The van der Waals surface area contributed by atoms with E-state index in [1.54, 1.807) is 7.11 Å². The number of nitrogens with one attached hydrogen (secondary N) is 1. The number of aryl methyl sites for hydroxylation is 1. The van der Waals surface area contributed by atoms with E-state index in [9.17, 15) is 5.11 Å². The van der Waals surface area contributed by atoms with E-state index in [0.717, 1.165) is 27.6 Å². The Morgan fingerprint density at radius 2 is 1.56 bits per heavy atom. The molecule has 0 aliphatic rings. The summed E-state index contributed by atoms with van der Waals surface area (Å²) in [5.74, 6) is 2.20. The molecule has 2 N–H and O–H groups in total. The van der Waals surface area contributed by atoms with Gasteiger partial charge in [0.2, 0.25) is 0 Å². The van der Waals surface area contributed by atoms with Crippen LogP contribution in [-0.2, 0) is 7.05 Å². The Morgan fingerprint density at radius 3 is 2.38 bits per heavy atom. The van der Waals surface area contributed by atoms with Crippen molar-refractivity contribution in [2.45, 2.75) is 6.10 Å². The number of aliphatic hydroxyl groups excluding tert-OH is 1. The molecular formula is C25H29ClN2O4. The van der Waals surface area contributed by atoms with Crippen molar-refractivity contribution in [3.8, 4) is 17.2 Å². The van der Waals surface area contributed by atoms with Gasteiger partial charge in [-0.05, 0) is 30.3 Å². The molecule has 1 unspecified atom stereocenters. The molecule has 0 aliphatic heterocycles. The minimum atomic E-state index is -0.628. The molecule has 7 heteroatoms. The number of rotatable bonds is 10. The second-order valence-electron chi connectivity index (χ2n) is 7.39. The summed E-state index contributed by atoms with van der Waals surface area (Å²) in [5, 5.41) is 15.8. The summed E-state index contributed by atoms with van der Waals surface area (Å²) >= 11 is 0. The smallest absolute Gasteiger partial charge is 0.161 e. The summed E-state index contributed by atoms with van der Waals surface area (Å²) in [6.07, 6.45) is -0.628. The highest BCUT2D eigenvalue weighted by molar-refractivity contribution is 6.11. The van der Waals surface area contributed by atoms with Crippen molar-refractivity contribution in [1.82, 2.24) is 9.88 Å². The molecule has 6 nitrogen and oxygen atoms in total. The van der Waals surface area contributed by atoms with Crippen LogP contribution in [-0.4, -0.2) is 49.2 Å². The lowest BCUT2D eigenvalue weighted by molar-refractivity contribution is 0.106. The topological polar surface area (TPSA) is 64.9 Å². The average Bonchev–Trinajstić information content (AvgIpc) is 3.10. The predicted octanol–water partition coefficient (Wildman–Crippen LogP) is 4.17. The normalized spacial score (nSPS) is 11.8. The van der Waals surface area contributed by atoms with Crippen LogP contribution in [0.4, 0.5) is 0 Å². The number of ether oxygens (including phenoxy) is 3. The van der Waals surface area contributed by atoms with Gasteiger partial charge in [0.1, 0.15) is 25.1 Å². The molecule has 32 heavy (non-hydrogen) atoms. The highest BCUT2D eigenvalue weighted by Crippen LogP contribution is 2.34. The van der Waals surface area contributed by atoms with Gasteiger partial charge in [0, 0.05) is 36.4 Å². The Kier molecular flexibility index (Phi) is 8.22. The maximum atomic E-state index is 10.3. The van der Waals surface area contributed by atoms with Gasteiger partial charge >= 0.3 is 0 Å². The first-order valence-electron chi connectivity index (χ1n) is 10.4. The van der Waals surface area contributed by atoms with Crippen LogP contribution in [0.3, 0.4) is 0 Å². The zero-order valence-corrected chi connectivity index (χ0v) is 19.1. The van der Waals surface area contributed by atoms with Crippen LogP contribution >= 0.6 is 12.4 Å². The fourth-order valence-corrected chi connectivity index (χ4v) is 3.78. The van der Waals surface area contributed by atoms with Gasteiger partial charge in [0.25, 0.3) is 0 Å². The van der Waals surface area contributed by atoms with E-state index in [1.807, 2.05) is 48.5 Å². The number of nitrogens with zero attached hydrogens (tertiary/aromatic N) is 1. The van der Waals surface area contributed by atoms with E-state index in [-0.39, 0.29) is 19.0 Å². The zero-order valence-electron chi connectivity index (χ0n) is 18.3. The first kappa shape index (κ1) is 23.7. The van der Waals surface area contributed by atoms with Gasteiger partial charge in [0.15, 0.2) is 11.5 Å². The number of hydrogen-bond donors (Lipinski definition) is 2. The molecule has 1 heterocycles. The van der Waals surface area contributed by atoms with E-state index in [1.165, 1.54) is 0 Å². The van der Waals surface area contributed by atoms with Crippen LogP contribution in [0.15, 0.2) is 66.7 Å². The lowest BCUT2D eigenvalue weighted by Gasteiger charge is -2.15. The number of methoxy groups -OCH3 is 1. The molecular weight excluding hydrogens is 428 g/mol. The van der Waals surface area contributed by atoms with E-state index >= 15 is 0 Å². The minimum Gasteiger partial charge on any atom is -0.493 e. The molecule has 0 saturated heterocycles. The Balaban J connectivity index is 0.00000289. The molecule has 0 saturated carbocycles. The Labute approximate surface area is 194 Å². The molecule has 4 aromatic rings. The molecule has 0 aliphatic carbocycles. The first-order chi connectivity index (χ1) is 15.2. The van der Waals surface area contributed by atoms with E-state index in [0.29, 0.717) is 31.2 Å². The van der Waals surface area contributed by atoms with Crippen molar-refractivity contribution in [3.63, 3.8) is 0 Å². The van der Waals surface area contributed by atoms with Crippen molar-refractivity contribution >= 4 is 34.2 Å². The van der Waals surface area contributed by atoms with Crippen molar-refractivity contribution in [3.05, 3.63) is 66.7 Å². The van der Waals surface area contributed by atoms with Gasteiger partial charge in [0.05, 0.1) is 12.6 Å². The number of hydrogen-bond acceptors (Lipinski definition) is 5. The molecule has 0 radical (unpaired) electrons. The molecule has 4 rings (SSSR count). The van der Waals surface area contributed by atoms with Crippen LogP contribution in [0.25, 0.3) is 21.8 Å². The van der Waals surface area contributed by atoms with Crippen LogP contribution < -0.4 is 19.5 Å². The van der Waals surface area contributed by atoms with Crippen LogP contribution in [0, 0.1) is 0 Å². The van der Waals surface area contributed by atoms with Crippen LogP contribution in [0.1, 0.15) is 0 Å².